The number of carbonyl (C=O) groups is 1. The maximum Gasteiger partial charge on any atom is 0.337 e. The SMILES string of the molecule is COc1ccc(C(=O)O)c(Nc2cccc(N)c2)c1. The maximum absolute atomic E-state index is 11.2. The van der Waals surface area contributed by atoms with Crippen LogP contribution >= 0.6 is 0 Å². The Kier molecular flexibility index (Phi) is 3.56. The summed E-state index contributed by atoms with van der Waals surface area (Å²) in [5.41, 5.74) is 7.63. The highest BCUT2D eigenvalue weighted by Crippen LogP contribution is 2.26. The number of aromatic carboxylic acids is 1. The van der Waals surface area contributed by atoms with Gasteiger partial charge in [-0.3, -0.25) is 0 Å². The van der Waals surface area contributed by atoms with Crippen LogP contribution < -0.4 is 15.8 Å². The summed E-state index contributed by atoms with van der Waals surface area (Å²) in [5, 5.41) is 12.2. The fourth-order valence-corrected chi connectivity index (χ4v) is 1.71. The molecule has 0 amide bonds. The smallest absolute Gasteiger partial charge is 0.337 e. The van der Waals surface area contributed by atoms with E-state index in [2.05, 4.69) is 5.32 Å². The summed E-state index contributed by atoms with van der Waals surface area (Å²) in [4.78, 5) is 11.2. The molecule has 0 aliphatic heterocycles. The third-order valence-corrected chi connectivity index (χ3v) is 2.62. The van der Waals surface area contributed by atoms with Crippen molar-refractivity contribution in [3.8, 4) is 5.75 Å². The lowest BCUT2D eigenvalue weighted by Crippen LogP contribution is -2.03. The van der Waals surface area contributed by atoms with Gasteiger partial charge in [-0.25, -0.2) is 4.79 Å². The third-order valence-electron chi connectivity index (χ3n) is 2.62. The van der Waals surface area contributed by atoms with Crippen molar-refractivity contribution in [2.24, 2.45) is 0 Å². The number of benzene rings is 2. The molecular formula is C14H14N2O3. The van der Waals surface area contributed by atoms with Crippen LogP contribution in [-0.4, -0.2) is 18.2 Å². The average molecular weight is 258 g/mol. The Balaban J connectivity index is 2.39. The van der Waals surface area contributed by atoms with E-state index in [1.165, 1.54) is 13.2 Å². The van der Waals surface area contributed by atoms with Gasteiger partial charge in [0.05, 0.1) is 18.4 Å². The Morgan fingerprint density at radius 1 is 1.26 bits per heavy atom. The number of rotatable bonds is 4. The van der Waals surface area contributed by atoms with E-state index in [1.807, 2.05) is 6.07 Å². The van der Waals surface area contributed by atoms with Gasteiger partial charge in [-0.05, 0) is 30.3 Å². The number of nitrogen functional groups attached to an aromatic ring is 1. The lowest BCUT2D eigenvalue weighted by Gasteiger charge is -2.11. The number of nitrogens with two attached hydrogens (primary N) is 1. The first-order valence-corrected chi connectivity index (χ1v) is 5.64. The second-order valence-electron chi connectivity index (χ2n) is 3.97. The molecule has 0 bridgehead atoms. The molecule has 0 aliphatic carbocycles. The molecule has 98 valence electrons. The van der Waals surface area contributed by atoms with Crippen molar-refractivity contribution in [1.82, 2.24) is 0 Å². The fourth-order valence-electron chi connectivity index (χ4n) is 1.71. The molecule has 4 N–H and O–H groups in total. The van der Waals surface area contributed by atoms with E-state index >= 15 is 0 Å². The zero-order valence-electron chi connectivity index (χ0n) is 10.4. The van der Waals surface area contributed by atoms with Crippen molar-refractivity contribution in [2.45, 2.75) is 0 Å². The van der Waals surface area contributed by atoms with Gasteiger partial charge >= 0.3 is 5.97 Å². The van der Waals surface area contributed by atoms with Crippen molar-refractivity contribution in [1.29, 1.82) is 0 Å². The van der Waals surface area contributed by atoms with Gasteiger partial charge in [0.2, 0.25) is 0 Å². The Morgan fingerprint density at radius 3 is 2.68 bits per heavy atom. The molecule has 19 heavy (non-hydrogen) atoms. The molecule has 0 fully saturated rings. The number of methoxy groups -OCH3 is 1. The van der Waals surface area contributed by atoms with E-state index in [0.717, 1.165) is 5.69 Å². The second kappa shape index (κ2) is 5.30. The molecule has 5 nitrogen and oxygen atoms in total. The number of anilines is 3. The first-order chi connectivity index (χ1) is 9.10. The molecule has 0 unspecified atom stereocenters. The normalized spacial score (nSPS) is 9.95. The maximum atomic E-state index is 11.2. The minimum absolute atomic E-state index is 0.170. The average Bonchev–Trinajstić information content (AvgIpc) is 2.38. The molecule has 0 spiro atoms. The summed E-state index contributed by atoms with van der Waals surface area (Å²) in [7, 11) is 1.53. The van der Waals surface area contributed by atoms with Crippen molar-refractivity contribution in [3.63, 3.8) is 0 Å². The Hall–Kier alpha value is -2.69. The number of carboxylic acids is 1. The van der Waals surface area contributed by atoms with Gasteiger partial charge in [0.15, 0.2) is 0 Å². The molecule has 0 aliphatic rings. The second-order valence-corrected chi connectivity index (χ2v) is 3.97. The van der Waals surface area contributed by atoms with Crippen molar-refractivity contribution >= 4 is 23.0 Å². The highest BCUT2D eigenvalue weighted by atomic mass is 16.5. The Bertz CT molecular complexity index is 611. The zero-order valence-corrected chi connectivity index (χ0v) is 10.4. The van der Waals surface area contributed by atoms with Gasteiger partial charge < -0.3 is 20.9 Å². The Labute approximate surface area is 110 Å². The van der Waals surface area contributed by atoms with Crippen molar-refractivity contribution in [3.05, 3.63) is 48.0 Å². The minimum atomic E-state index is -1.01. The summed E-state index contributed by atoms with van der Waals surface area (Å²) in [6, 6.07) is 11.8. The quantitative estimate of drug-likeness (QED) is 0.734. The van der Waals surface area contributed by atoms with Crippen LogP contribution in [0.3, 0.4) is 0 Å². The Morgan fingerprint density at radius 2 is 2.05 bits per heavy atom. The molecule has 5 heteroatoms. The number of ether oxygens (including phenoxy) is 1. The van der Waals surface area contributed by atoms with E-state index in [-0.39, 0.29) is 5.56 Å². The van der Waals surface area contributed by atoms with Crippen LogP contribution in [-0.2, 0) is 0 Å². The van der Waals surface area contributed by atoms with Crippen LogP contribution in [0.15, 0.2) is 42.5 Å². The molecule has 0 heterocycles. The predicted octanol–water partition coefficient (Wildman–Crippen LogP) is 2.72. The highest BCUT2D eigenvalue weighted by Gasteiger charge is 2.11. The van der Waals surface area contributed by atoms with E-state index < -0.39 is 5.97 Å². The summed E-state index contributed by atoms with van der Waals surface area (Å²) >= 11 is 0. The summed E-state index contributed by atoms with van der Waals surface area (Å²) in [5.74, 6) is -0.426. The number of nitrogens with one attached hydrogen (secondary N) is 1. The van der Waals surface area contributed by atoms with Crippen LogP contribution in [0.4, 0.5) is 17.1 Å². The number of carboxylic acid groups (broad SMARTS) is 1. The van der Waals surface area contributed by atoms with E-state index in [9.17, 15) is 4.79 Å². The van der Waals surface area contributed by atoms with Gasteiger partial charge in [-0.2, -0.15) is 0 Å². The highest BCUT2D eigenvalue weighted by molar-refractivity contribution is 5.95. The predicted molar refractivity (Wildman–Crippen MR) is 74.1 cm³/mol. The summed E-state index contributed by atoms with van der Waals surface area (Å²) in [6.45, 7) is 0. The molecule has 0 atom stereocenters. The molecule has 2 rings (SSSR count). The molecule has 0 aromatic heterocycles. The van der Waals surface area contributed by atoms with Crippen LogP contribution in [0.5, 0.6) is 5.75 Å². The van der Waals surface area contributed by atoms with E-state index in [1.54, 1.807) is 30.3 Å². The first-order valence-electron chi connectivity index (χ1n) is 5.64. The largest absolute Gasteiger partial charge is 0.497 e. The van der Waals surface area contributed by atoms with Gasteiger partial charge in [0.1, 0.15) is 5.75 Å². The van der Waals surface area contributed by atoms with Crippen LogP contribution in [0.2, 0.25) is 0 Å². The minimum Gasteiger partial charge on any atom is -0.497 e. The lowest BCUT2D eigenvalue weighted by atomic mass is 10.1. The van der Waals surface area contributed by atoms with Gasteiger partial charge in [0.25, 0.3) is 0 Å². The first kappa shape index (κ1) is 12.8. The molecule has 0 saturated carbocycles. The number of hydrogen-bond acceptors (Lipinski definition) is 4. The van der Waals surface area contributed by atoms with Crippen LogP contribution in [0, 0.1) is 0 Å². The van der Waals surface area contributed by atoms with Crippen LogP contribution in [0.1, 0.15) is 10.4 Å². The molecule has 2 aromatic carbocycles. The summed E-state index contributed by atoms with van der Waals surface area (Å²) in [6.07, 6.45) is 0. The number of hydrogen-bond donors (Lipinski definition) is 3. The molecule has 2 aromatic rings. The molecule has 0 saturated heterocycles. The third kappa shape index (κ3) is 2.95. The van der Waals surface area contributed by atoms with Gasteiger partial charge in [-0.15, -0.1) is 0 Å². The summed E-state index contributed by atoms with van der Waals surface area (Å²) < 4.78 is 5.09. The van der Waals surface area contributed by atoms with Gasteiger partial charge in [-0.1, -0.05) is 6.07 Å². The van der Waals surface area contributed by atoms with E-state index in [4.69, 9.17) is 15.6 Å². The monoisotopic (exact) mass is 258 g/mol. The topological polar surface area (TPSA) is 84.6 Å². The molecular weight excluding hydrogens is 244 g/mol. The zero-order chi connectivity index (χ0) is 13.8. The fraction of sp³-hybridized carbons (Fsp3) is 0.0714. The van der Waals surface area contributed by atoms with Crippen molar-refractivity contribution < 1.29 is 14.6 Å². The van der Waals surface area contributed by atoms with E-state index in [0.29, 0.717) is 17.1 Å². The van der Waals surface area contributed by atoms with Crippen LogP contribution in [0.25, 0.3) is 0 Å². The lowest BCUT2D eigenvalue weighted by molar-refractivity contribution is 0.0698. The molecule has 0 radical (unpaired) electrons. The van der Waals surface area contributed by atoms with Gasteiger partial charge in [0, 0.05) is 17.4 Å². The standard InChI is InChI=1S/C14H14N2O3/c1-19-11-5-6-12(14(17)18)13(8-11)16-10-4-2-3-9(15)7-10/h2-8,16H,15H2,1H3,(H,17,18). The van der Waals surface area contributed by atoms with Crippen molar-refractivity contribution in [2.75, 3.05) is 18.2 Å².